The predicted molar refractivity (Wildman–Crippen MR) is 115 cm³/mol. The van der Waals surface area contributed by atoms with E-state index in [0.717, 1.165) is 44.9 Å². The lowest BCUT2D eigenvalue weighted by atomic mass is 9.52. The first-order chi connectivity index (χ1) is 13.5. The highest BCUT2D eigenvalue weighted by atomic mass is 16.4. The predicted octanol–water partition coefficient (Wildman–Crippen LogP) is 7.20. The summed E-state index contributed by atoms with van der Waals surface area (Å²) in [4.78, 5) is 24.7. The zero-order valence-electron chi connectivity index (χ0n) is 18.4. The van der Waals surface area contributed by atoms with Crippen molar-refractivity contribution >= 4 is 11.9 Å². The van der Waals surface area contributed by atoms with Crippen LogP contribution in [0.25, 0.3) is 0 Å². The molecule has 0 amide bonds. The third-order valence-corrected chi connectivity index (χ3v) is 7.11. The number of hydrogen-bond acceptors (Lipinski definition) is 2. The van der Waals surface area contributed by atoms with Gasteiger partial charge >= 0.3 is 11.9 Å². The van der Waals surface area contributed by atoms with Gasteiger partial charge in [0.05, 0.1) is 10.8 Å². The van der Waals surface area contributed by atoms with Gasteiger partial charge < -0.3 is 10.2 Å². The number of aliphatic carboxylic acids is 2. The molecule has 0 radical (unpaired) electrons. The summed E-state index contributed by atoms with van der Waals surface area (Å²) in [5, 5.41) is 20.3. The van der Waals surface area contributed by atoms with Crippen molar-refractivity contribution in [2.45, 2.75) is 129 Å². The summed E-state index contributed by atoms with van der Waals surface area (Å²) < 4.78 is 0. The van der Waals surface area contributed by atoms with E-state index in [1.54, 1.807) is 0 Å². The largest absolute Gasteiger partial charge is 0.481 e. The van der Waals surface area contributed by atoms with Crippen molar-refractivity contribution in [2.24, 2.45) is 10.8 Å². The summed E-state index contributed by atoms with van der Waals surface area (Å²) in [5.74, 6) is -1.75. The molecular formula is C24H44O4. The number of carbonyl (C=O) groups is 2. The molecule has 0 bridgehead atoms. The monoisotopic (exact) mass is 396 g/mol. The number of carboxylic acids is 2. The van der Waals surface area contributed by atoms with E-state index < -0.39 is 22.8 Å². The molecule has 4 nitrogen and oxygen atoms in total. The fourth-order valence-electron chi connectivity index (χ4n) is 5.29. The van der Waals surface area contributed by atoms with E-state index in [9.17, 15) is 19.8 Å². The van der Waals surface area contributed by atoms with Gasteiger partial charge in [0, 0.05) is 0 Å². The third-order valence-electron chi connectivity index (χ3n) is 7.11. The van der Waals surface area contributed by atoms with Gasteiger partial charge in [0.25, 0.3) is 0 Å². The molecule has 0 aromatic heterocycles. The maximum Gasteiger partial charge on any atom is 0.310 e. The van der Waals surface area contributed by atoms with E-state index >= 15 is 0 Å². The molecule has 0 saturated heterocycles. The van der Waals surface area contributed by atoms with Crippen LogP contribution in [0.4, 0.5) is 0 Å². The maximum atomic E-state index is 12.4. The Morgan fingerprint density at radius 3 is 1.36 bits per heavy atom. The smallest absolute Gasteiger partial charge is 0.310 e. The fraction of sp³-hybridized carbons (Fsp3) is 0.917. The Balaban J connectivity index is 2.58. The minimum absolute atomic E-state index is 0.503. The van der Waals surface area contributed by atoms with Gasteiger partial charge in [0.2, 0.25) is 0 Å². The molecule has 0 aromatic rings. The molecule has 2 unspecified atom stereocenters. The second-order valence-corrected chi connectivity index (χ2v) is 9.02. The van der Waals surface area contributed by atoms with Gasteiger partial charge in [-0.2, -0.15) is 0 Å². The van der Waals surface area contributed by atoms with Gasteiger partial charge in [-0.3, -0.25) is 9.59 Å². The Morgan fingerprint density at radius 2 is 0.964 bits per heavy atom. The molecule has 28 heavy (non-hydrogen) atoms. The summed E-state index contributed by atoms with van der Waals surface area (Å²) in [5.41, 5.74) is -2.15. The van der Waals surface area contributed by atoms with E-state index in [-0.39, 0.29) is 0 Å². The molecule has 1 saturated carbocycles. The SMILES string of the molecule is CCCCCCCCCCCCC1(C(=O)O)CCCCC1(CCCC)C(=O)O. The van der Waals surface area contributed by atoms with E-state index in [2.05, 4.69) is 6.92 Å². The quantitative estimate of drug-likeness (QED) is 0.270. The van der Waals surface area contributed by atoms with Crippen LogP contribution in [0.3, 0.4) is 0 Å². The van der Waals surface area contributed by atoms with Crippen molar-refractivity contribution in [3.8, 4) is 0 Å². The average Bonchev–Trinajstić information content (AvgIpc) is 2.68. The van der Waals surface area contributed by atoms with Gasteiger partial charge in [0.1, 0.15) is 0 Å². The van der Waals surface area contributed by atoms with Crippen LogP contribution in [0.15, 0.2) is 0 Å². The molecular weight excluding hydrogens is 352 g/mol. The Bertz CT molecular complexity index is 462. The zero-order chi connectivity index (χ0) is 20.9. The van der Waals surface area contributed by atoms with Crippen LogP contribution in [-0.2, 0) is 9.59 Å². The van der Waals surface area contributed by atoms with Gasteiger partial charge in [-0.05, 0) is 25.7 Å². The summed E-state index contributed by atoms with van der Waals surface area (Å²) >= 11 is 0. The topological polar surface area (TPSA) is 74.6 Å². The van der Waals surface area contributed by atoms with Crippen molar-refractivity contribution in [3.63, 3.8) is 0 Å². The van der Waals surface area contributed by atoms with Gasteiger partial charge in [-0.25, -0.2) is 0 Å². The average molecular weight is 397 g/mol. The Morgan fingerprint density at radius 1 is 0.607 bits per heavy atom. The van der Waals surface area contributed by atoms with Crippen molar-refractivity contribution in [1.82, 2.24) is 0 Å². The first-order valence-corrected chi connectivity index (χ1v) is 11.9. The molecule has 1 aliphatic carbocycles. The van der Waals surface area contributed by atoms with Crippen LogP contribution in [0.1, 0.15) is 129 Å². The molecule has 1 aliphatic rings. The lowest BCUT2D eigenvalue weighted by Crippen LogP contribution is -2.54. The summed E-state index contributed by atoms with van der Waals surface area (Å²) in [6.45, 7) is 4.28. The van der Waals surface area contributed by atoms with E-state index in [4.69, 9.17) is 0 Å². The second kappa shape index (κ2) is 13.2. The zero-order valence-corrected chi connectivity index (χ0v) is 18.4. The number of carboxylic acid groups (broad SMARTS) is 2. The van der Waals surface area contributed by atoms with Gasteiger partial charge in [-0.1, -0.05) is 104 Å². The fourth-order valence-corrected chi connectivity index (χ4v) is 5.29. The normalized spacial score (nSPS) is 24.9. The van der Waals surface area contributed by atoms with E-state index in [0.29, 0.717) is 25.7 Å². The van der Waals surface area contributed by atoms with Crippen LogP contribution < -0.4 is 0 Å². The molecule has 4 heteroatoms. The van der Waals surface area contributed by atoms with Gasteiger partial charge in [0.15, 0.2) is 0 Å². The van der Waals surface area contributed by atoms with Gasteiger partial charge in [-0.15, -0.1) is 0 Å². The van der Waals surface area contributed by atoms with E-state index in [1.165, 1.54) is 44.9 Å². The van der Waals surface area contributed by atoms with Crippen molar-refractivity contribution in [1.29, 1.82) is 0 Å². The molecule has 0 aliphatic heterocycles. The highest BCUT2D eigenvalue weighted by molar-refractivity contribution is 5.87. The molecule has 2 N–H and O–H groups in total. The minimum atomic E-state index is -1.08. The van der Waals surface area contributed by atoms with Crippen LogP contribution in [0, 0.1) is 10.8 Å². The number of unbranched alkanes of at least 4 members (excludes halogenated alkanes) is 10. The maximum absolute atomic E-state index is 12.4. The molecule has 1 rings (SSSR count). The minimum Gasteiger partial charge on any atom is -0.481 e. The van der Waals surface area contributed by atoms with Crippen LogP contribution >= 0.6 is 0 Å². The Labute approximate surface area is 172 Å². The highest BCUT2D eigenvalue weighted by Crippen LogP contribution is 2.56. The molecule has 164 valence electrons. The van der Waals surface area contributed by atoms with E-state index in [1.807, 2.05) is 6.92 Å². The van der Waals surface area contributed by atoms with Crippen molar-refractivity contribution in [2.75, 3.05) is 0 Å². The lowest BCUT2D eigenvalue weighted by molar-refractivity contribution is -0.182. The van der Waals surface area contributed by atoms with Crippen molar-refractivity contribution in [3.05, 3.63) is 0 Å². The summed E-state index contributed by atoms with van der Waals surface area (Å²) in [6, 6.07) is 0. The molecule has 2 atom stereocenters. The van der Waals surface area contributed by atoms with Crippen LogP contribution in [0.5, 0.6) is 0 Å². The van der Waals surface area contributed by atoms with Crippen molar-refractivity contribution < 1.29 is 19.8 Å². The number of hydrogen-bond donors (Lipinski definition) is 2. The highest BCUT2D eigenvalue weighted by Gasteiger charge is 2.61. The summed E-state index contributed by atoms with van der Waals surface area (Å²) in [7, 11) is 0. The molecule has 1 fully saturated rings. The molecule has 0 aromatic carbocycles. The summed E-state index contributed by atoms with van der Waals surface area (Å²) in [6.07, 6.45) is 17.5. The first-order valence-electron chi connectivity index (χ1n) is 11.9. The Kier molecular flexibility index (Phi) is 11.8. The Hall–Kier alpha value is -1.06. The third kappa shape index (κ3) is 6.49. The molecule has 0 spiro atoms. The first kappa shape index (κ1) is 25.0. The number of rotatable bonds is 16. The lowest BCUT2D eigenvalue weighted by Gasteiger charge is -2.48. The van der Waals surface area contributed by atoms with Crippen LogP contribution in [0.2, 0.25) is 0 Å². The molecule has 0 heterocycles. The second-order valence-electron chi connectivity index (χ2n) is 9.02. The standard InChI is InChI=1S/C24H44O4/c1-3-5-7-8-9-10-11-12-13-14-18-24(22(27)28)20-16-15-19-23(24,21(25)26)17-6-4-2/h3-20H2,1-2H3,(H,25,26)(H,27,28). The van der Waals surface area contributed by atoms with Crippen LogP contribution in [-0.4, -0.2) is 22.2 Å².